The molecule has 2 fully saturated rings. The number of rotatable bonds is 6. The lowest BCUT2D eigenvalue weighted by atomic mass is 10.0. The highest BCUT2D eigenvalue weighted by molar-refractivity contribution is 4.88. The largest absolute Gasteiger partial charge is 0.314 e. The summed E-state index contributed by atoms with van der Waals surface area (Å²) in [6.45, 7) is 12.2. The van der Waals surface area contributed by atoms with Crippen LogP contribution >= 0.6 is 0 Å². The van der Waals surface area contributed by atoms with Crippen LogP contribution in [0.5, 0.6) is 0 Å². The summed E-state index contributed by atoms with van der Waals surface area (Å²) in [5.41, 5.74) is 0. The van der Waals surface area contributed by atoms with Gasteiger partial charge in [-0.25, -0.2) is 0 Å². The smallest absolute Gasteiger partial charge is 0.0346 e. The molecule has 2 rings (SSSR count). The second-order valence-corrected chi connectivity index (χ2v) is 5.62. The third-order valence-electron chi connectivity index (χ3n) is 4.39. The average Bonchev–Trinajstić information content (AvgIpc) is 2.28. The van der Waals surface area contributed by atoms with Crippen LogP contribution in [0, 0.1) is 0 Å². The SMILES string of the molecule is CCCC(CCC)N1CCN(C2CNC2)CC1. The van der Waals surface area contributed by atoms with E-state index in [0.717, 1.165) is 12.1 Å². The van der Waals surface area contributed by atoms with Gasteiger partial charge in [0.25, 0.3) is 0 Å². The molecular formula is C14H29N3. The Morgan fingerprint density at radius 2 is 1.59 bits per heavy atom. The van der Waals surface area contributed by atoms with Crippen molar-refractivity contribution >= 4 is 0 Å². The Labute approximate surface area is 107 Å². The Morgan fingerprint density at radius 3 is 2.00 bits per heavy atom. The summed E-state index contributed by atoms with van der Waals surface area (Å²) in [4.78, 5) is 5.43. The normalized spacial score (nSPS) is 24.2. The molecule has 0 unspecified atom stereocenters. The molecule has 0 amide bonds. The van der Waals surface area contributed by atoms with E-state index in [1.165, 1.54) is 65.0 Å². The van der Waals surface area contributed by atoms with Crippen LogP contribution in [0.4, 0.5) is 0 Å². The first-order valence-electron chi connectivity index (χ1n) is 7.54. The van der Waals surface area contributed by atoms with Crippen LogP contribution in [0.15, 0.2) is 0 Å². The van der Waals surface area contributed by atoms with E-state index in [2.05, 4.69) is 29.0 Å². The van der Waals surface area contributed by atoms with Crippen LogP contribution in [-0.2, 0) is 0 Å². The van der Waals surface area contributed by atoms with E-state index < -0.39 is 0 Å². The van der Waals surface area contributed by atoms with Crippen LogP contribution in [-0.4, -0.2) is 61.2 Å². The zero-order valence-corrected chi connectivity index (χ0v) is 11.6. The van der Waals surface area contributed by atoms with E-state index in [-0.39, 0.29) is 0 Å². The fourth-order valence-electron chi connectivity index (χ4n) is 3.18. The monoisotopic (exact) mass is 239 g/mol. The Balaban J connectivity index is 1.75. The molecule has 0 radical (unpaired) electrons. The summed E-state index contributed by atoms with van der Waals surface area (Å²) in [6.07, 6.45) is 5.44. The van der Waals surface area contributed by atoms with Crippen molar-refractivity contribution in [3.8, 4) is 0 Å². The van der Waals surface area contributed by atoms with Crippen molar-refractivity contribution in [2.24, 2.45) is 0 Å². The molecule has 2 heterocycles. The maximum atomic E-state index is 3.38. The molecule has 2 saturated heterocycles. The zero-order valence-electron chi connectivity index (χ0n) is 11.6. The standard InChI is InChI=1S/C14H29N3/c1-3-5-13(6-4-2)16-7-9-17(10-8-16)14-11-15-12-14/h13-15H,3-12H2,1-2H3. The van der Waals surface area contributed by atoms with Gasteiger partial charge in [-0.3, -0.25) is 9.80 Å². The van der Waals surface area contributed by atoms with Gasteiger partial charge < -0.3 is 5.32 Å². The van der Waals surface area contributed by atoms with Crippen LogP contribution < -0.4 is 5.32 Å². The summed E-state index contributed by atoms with van der Waals surface area (Å²) in [5, 5.41) is 3.38. The molecule has 0 aromatic rings. The second kappa shape index (κ2) is 6.72. The minimum atomic E-state index is 0.841. The lowest BCUT2D eigenvalue weighted by molar-refractivity contribution is 0.0469. The van der Waals surface area contributed by atoms with Crippen molar-refractivity contribution in [3.05, 3.63) is 0 Å². The van der Waals surface area contributed by atoms with Crippen molar-refractivity contribution in [1.29, 1.82) is 0 Å². The molecule has 0 saturated carbocycles. The van der Waals surface area contributed by atoms with E-state index in [9.17, 15) is 0 Å². The quantitative estimate of drug-likeness (QED) is 0.758. The van der Waals surface area contributed by atoms with Gasteiger partial charge >= 0.3 is 0 Å². The highest BCUT2D eigenvalue weighted by Gasteiger charge is 2.29. The summed E-state index contributed by atoms with van der Waals surface area (Å²) >= 11 is 0. The average molecular weight is 239 g/mol. The van der Waals surface area contributed by atoms with Crippen LogP contribution in [0.1, 0.15) is 39.5 Å². The first-order chi connectivity index (χ1) is 8.35. The zero-order chi connectivity index (χ0) is 12.1. The minimum Gasteiger partial charge on any atom is -0.314 e. The predicted octanol–water partition coefficient (Wildman–Crippen LogP) is 1.54. The van der Waals surface area contributed by atoms with Crippen LogP contribution in [0.3, 0.4) is 0 Å². The minimum absolute atomic E-state index is 0.841. The number of nitrogens with one attached hydrogen (secondary N) is 1. The maximum absolute atomic E-state index is 3.38. The number of hydrogen-bond acceptors (Lipinski definition) is 3. The summed E-state index contributed by atoms with van der Waals surface area (Å²) in [7, 11) is 0. The van der Waals surface area contributed by atoms with Gasteiger partial charge in [-0.1, -0.05) is 26.7 Å². The molecule has 0 spiro atoms. The van der Waals surface area contributed by atoms with E-state index in [0.29, 0.717) is 0 Å². The highest BCUT2D eigenvalue weighted by Crippen LogP contribution is 2.17. The third-order valence-corrected chi connectivity index (χ3v) is 4.39. The third kappa shape index (κ3) is 3.43. The molecule has 0 aromatic carbocycles. The lowest BCUT2D eigenvalue weighted by Crippen LogP contribution is -2.62. The maximum Gasteiger partial charge on any atom is 0.0346 e. The topological polar surface area (TPSA) is 18.5 Å². The molecule has 100 valence electrons. The first-order valence-corrected chi connectivity index (χ1v) is 7.54. The van der Waals surface area contributed by atoms with Gasteiger partial charge in [-0.05, 0) is 12.8 Å². The fraction of sp³-hybridized carbons (Fsp3) is 1.00. The fourth-order valence-corrected chi connectivity index (χ4v) is 3.18. The summed E-state index contributed by atoms with van der Waals surface area (Å²) in [5.74, 6) is 0. The van der Waals surface area contributed by atoms with E-state index in [1.54, 1.807) is 0 Å². The molecule has 17 heavy (non-hydrogen) atoms. The number of piperazine rings is 1. The van der Waals surface area contributed by atoms with Gasteiger partial charge in [0.1, 0.15) is 0 Å². The van der Waals surface area contributed by atoms with Crippen molar-refractivity contribution in [2.75, 3.05) is 39.3 Å². The van der Waals surface area contributed by atoms with Gasteiger partial charge in [0.15, 0.2) is 0 Å². The van der Waals surface area contributed by atoms with Gasteiger partial charge in [0, 0.05) is 51.4 Å². The number of hydrogen-bond donors (Lipinski definition) is 1. The van der Waals surface area contributed by atoms with Gasteiger partial charge in [0.05, 0.1) is 0 Å². The molecule has 2 aliphatic rings. The Hall–Kier alpha value is -0.120. The first kappa shape index (κ1) is 13.3. The summed E-state index contributed by atoms with van der Waals surface area (Å²) in [6, 6.07) is 1.69. The van der Waals surface area contributed by atoms with Crippen molar-refractivity contribution < 1.29 is 0 Å². The Morgan fingerprint density at radius 1 is 1.00 bits per heavy atom. The van der Waals surface area contributed by atoms with E-state index in [1.807, 2.05) is 0 Å². The lowest BCUT2D eigenvalue weighted by Gasteiger charge is -2.45. The van der Waals surface area contributed by atoms with Crippen molar-refractivity contribution in [3.63, 3.8) is 0 Å². The number of nitrogens with zero attached hydrogens (tertiary/aromatic N) is 2. The Bertz CT molecular complexity index is 202. The molecule has 1 N–H and O–H groups in total. The molecule has 3 heteroatoms. The molecule has 3 nitrogen and oxygen atoms in total. The molecular weight excluding hydrogens is 210 g/mol. The van der Waals surface area contributed by atoms with Gasteiger partial charge in [-0.2, -0.15) is 0 Å². The van der Waals surface area contributed by atoms with Gasteiger partial charge in [-0.15, -0.1) is 0 Å². The molecule has 2 aliphatic heterocycles. The van der Waals surface area contributed by atoms with E-state index >= 15 is 0 Å². The highest BCUT2D eigenvalue weighted by atomic mass is 15.3. The summed E-state index contributed by atoms with van der Waals surface area (Å²) < 4.78 is 0. The molecule has 0 atom stereocenters. The van der Waals surface area contributed by atoms with Crippen molar-refractivity contribution in [1.82, 2.24) is 15.1 Å². The van der Waals surface area contributed by atoms with E-state index in [4.69, 9.17) is 0 Å². The van der Waals surface area contributed by atoms with Crippen molar-refractivity contribution in [2.45, 2.75) is 51.6 Å². The van der Waals surface area contributed by atoms with Crippen LogP contribution in [0.25, 0.3) is 0 Å². The molecule has 0 bridgehead atoms. The second-order valence-electron chi connectivity index (χ2n) is 5.62. The van der Waals surface area contributed by atoms with Gasteiger partial charge in [0.2, 0.25) is 0 Å². The Kier molecular flexibility index (Phi) is 5.26. The van der Waals surface area contributed by atoms with Crippen LogP contribution in [0.2, 0.25) is 0 Å². The molecule has 0 aromatic heterocycles. The molecule has 0 aliphatic carbocycles. The predicted molar refractivity (Wildman–Crippen MR) is 73.4 cm³/mol.